The van der Waals surface area contributed by atoms with Crippen molar-refractivity contribution in [2.75, 3.05) is 0 Å². The second kappa shape index (κ2) is 2.60. The minimum absolute atomic E-state index is 0.112. The van der Waals surface area contributed by atoms with Crippen LogP contribution < -0.4 is 5.73 Å². The first kappa shape index (κ1) is 9.71. The lowest BCUT2D eigenvalue weighted by atomic mass is 9.78. The largest absolute Gasteiger partial charge is 0.361 e. The average molecular weight is 194 g/mol. The van der Waals surface area contributed by atoms with E-state index in [4.69, 9.17) is 10.3 Å². The van der Waals surface area contributed by atoms with Crippen LogP contribution in [0.25, 0.3) is 0 Å². The molecule has 78 valence electrons. The fraction of sp³-hybridized carbons (Fsp3) is 0.727. The molecule has 0 bridgehead atoms. The zero-order chi connectivity index (χ0) is 10.6. The maximum atomic E-state index is 6.24. The van der Waals surface area contributed by atoms with E-state index in [0.717, 1.165) is 24.3 Å². The summed E-state index contributed by atoms with van der Waals surface area (Å²) in [6, 6.07) is 0. The van der Waals surface area contributed by atoms with E-state index in [0.29, 0.717) is 0 Å². The highest BCUT2D eigenvalue weighted by Crippen LogP contribution is 2.56. The number of nitrogens with two attached hydrogens (primary N) is 1. The summed E-state index contributed by atoms with van der Waals surface area (Å²) in [7, 11) is 0. The van der Waals surface area contributed by atoms with Crippen LogP contribution in [0.4, 0.5) is 0 Å². The van der Waals surface area contributed by atoms with Gasteiger partial charge in [-0.2, -0.15) is 0 Å². The topological polar surface area (TPSA) is 52.0 Å². The van der Waals surface area contributed by atoms with Gasteiger partial charge in [0.05, 0.1) is 5.69 Å². The van der Waals surface area contributed by atoms with Crippen molar-refractivity contribution in [2.45, 2.75) is 51.5 Å². The van der Waals surface area contributed by atoms with Crippen LogP contribution in [0.5, 0.6) is 0 Å². The third-order valence-electron chi connectivity index (χ3n) is 3.50. The van der Waals surface area contributed by atoms with Gasteiger partial charge in [0.2, 0.25) is 0 Å². The van der Waals surface area contributed by atoms with E-state index in [2.05, 4.69) is 19.0 Å². The van der Waals surface area contributed by atoms with E-state index in [1.54, 1.807) is 0 Å². The number of hydrogen-bond acceptors (Lipinski definition) is 3. The molecule has 3 nitrogen and oxygen atoms in total. The number of hydrogen-bond donors (Lipinski definition) is 1. The molecule has 0 spiro atoms. The van der Waals surface area contributed by atoms with Gasteiger partial charge in [-0.15, -0.1) is 0 Å². The van der Waals surface area contributed by atoms with Crippen LogP contribution in [0.2, 0.25) is 0 Å². The number of aryl methyl sites for hydroxylation is 2. The van der Waals surface area contributed by atoms with Crippen LogP contribution in [0.1, 0.15) is 43.7 Å². The van der Waals surface area contributed by atoms with Gasteiger partial charge in [-0.1, -0.05) is 5.16 Å². The van der Waals surface area contributed by atoms with Gasteiger partial charge in [-0.3, -0.25) is 0 Å². The van der Waals surface area contributed by atoms with Crippen LogP contribution in [-0.4, -0.2) is 10.7 Å². The Morgan fingerprint density at radius 3 is 2.21 bits per heavy atom. The molecule has 0 aromatic carbocycles. The van der Waals surface area contributed by atoms with Gasteiger partial charge in [-0.25, -0.2) is 0 Å². The molecule has 14 heavy (non-hydrogen) atoms. The molecule has 0 amide bonds. The third-order valence-corrected chi connectivity index (χ3v) is 3.50. The molecule has 2 N–H and O–H groups in total. The van der Waals surface area contributed by atoms with Crippen molar-refractivity contribution in [1.29, 1.82) is 0 Å². The normalized spacial score (nSPS) is 19.8. The zero-order valence-electron chi connectivity index (χ0n) is 9.35. The summed E-state index contributed by atoms with van der Waals surface area (Å²) >= 11 is 0. The molecule has 0 unspecified atom stereocenters. The average Bonchev–Trinajstić information content (AvgIpc) is 2.76. The highest BCUT2D eigenvalue weighted by molar-refractivity contribution is 5.40. The number of rotatable bonds is 2. The molecule has 1 aromatic heterocycles. The number of aromatic nitrogens is 1. The van der Waals surface area contributed by atoms with Gasteiger partial charge in [0.1, 0.15) is 5.76 Å². The first-order chi connectivity index (χ1) is 6.38. The Morgan fingerprint density at radius 2 is 1.93 bits per heavy atom. The molecule has 1 saturated carbocycles. The Morgan fingerprint density at radius 1 is 1.36 bits per heavy atom. The molecule has 2 rings (SSSR count). The molecule has 1 fully saturated rings. The predicted octanol–water partition coefficient (Wildman–Crippen LogP) is 2.06. The first-order valence-corrected chi connectivity index (χ1v) is 5.11. The van der Waals surface area contributed by atoms with Gasteiger partial charge in [0.25, 0.3) is 0 Å². The highest BCUT2D eigenvalue weighted by Gasteiger charge is 2.56. The van der Waals surface area contributed by atoms with E-state index >= 15 is 0 Å². The Balaban J connectivity index is 2.50. The summed E-state index contributed by atoms with van der Waals surface area (Å²) < 4.78 is 5.21. The maximum absolute atomic E-state index is 6.24. The number of nitrogens with zero attached hydrogens (tertiary/aromatic N) is 1. The van der Waals surface area contributed by atoms with Crippen LogP contribution in [0.3, 0.4) is 0 Å². The Bertz CT molecular complexity index is 336. The lowest BCUT2D eigenvalue weighted by Gasteiger charge is -2.30. The van der Waals surface area contributed by atoms with Crippen molar-refractivity contribution in [1.82, 2.24) is 5.16 Å². The van der Waals surface area contributed by atoms with Crippen molar-refractivity contribution >= 4 is 0 Å². The summed E-state index contributed by atoms with van der Waals surface area (Å²) in [6.45, 7) is 8.15. The summed E-state index contributed by atoms with van der Waals surface area (Å²) in [6.07, 6.45) is 2.30. The van der Waals surface area contributed by atoms with Gasteiger partial charge >= 0.3 is 0 Å². The van der Waals surface area contributed by atoms with Crippen molar-refractivity contribution < 1.29 is 4.52 Å². The third kappa shape index (κ3) is 1.12. The van der Waals surface area contributed by atoms with Gasteiger partial charge in [0, 0.05) is 16.5 Å². The summed E-state index contributed by atoms with van der Waals surface area (Å²) in [4.78, 5) is 0. The van der Waals surface area contributed by atoms with Gasteiger partial charge in [-0.05, 0) is 40.5 Å². The fourth-order valence-electron chi connectivity index (χ4n) is 2.51. The Kier molecular flexibility index (Phi) is 1.80. The first-order valence-electron chi connectivity index (χ1n) is 5.11. The Labute approximate surface area is 84.7 Å². The monoisotopic (exact) mass is 194 g/mol. The van der Waals surface area contributed by atoms with Gasteiger partial charge in [0.15, 0.2) is 0 Å². The maximum Gasteiger partial charge on any atom is 0.137 e. The molecule has 1 aromatic rings. The van der Waals surface area contributed by atoms with Crippen LogP contribution in [-0.2, 0) is 5.41 Å². The predicted molar refractivity (Wildman–Crippen MR) is 55.2 cm³/mol. The zero-order valence-corrected chi connectivity index (χ0v) is 9.35. The minimum Gasteiger partial charge on any atom is -0.361 e. The summed E-state index contributed by atoms with van der Waals surface area (Å²) in [5.74, 6) is 0.929. The minimum atomic E-state index is -0.186. The van der Waals surface area contributed by atoms with E-state index in [1.807, 2.05) is 13.8 Å². The second-order valence-electron chi connectivity index (χ2n) is 5.00. The van der Waals surface area contributed by atoms with Crippen LogP contribution in [0.15, 0.2) is 4.52 Å². The standard InChI is InChI=1S/C11H18N2O/c1-7-9(8(2)14-13-7)11(5-6-11)10(3,4)12/h5-6,12H2,1-4H3. The van der Waals surface area contributed by atoms with Crippen LogP contribution >= 0.6 is 0 Å². The molecule has 3 heteroatoms. The molecule has 0 radical (unpaired) electrons. The van der Waals surface area contributed by atoms with E-state index in [1.165, 1.54) is 5.56 Å². The molecule has 1 heterocycles. The molecular weight excluding hydrogens is 176 g/mol. The second-order valence-corrected chi connectivity index (χ2v) is 5.00. The van der Waals surface area contributed by atoms with Crippen LogP contribution in [0, 0.1) is 13.8 Å². The Hall–Kier alpha value is -0.830. The van der Waals surface area contributed by atoms with Crippen molar-refractivity contribution in [3.8, 4) is 0 Å². The molecular formula is C11H18N2O. The summed E-state index contributed by atoms with van der Waals surface area (Å²) in [5.41, 5.74) is 8.40. The van der Waals surface area contributed by atoms with Crippen molar-refractivity contribution in [2.24, 2.45) is 5.73 Å². The molecule has 1 aliphatic carbocycles. The summed E-state index contributed by atoms with van der Waals surface area (Å²) in [5, 5.41) is 4.01. The fourth-order valence-corrected chi connectivity index (χ4v) is 2.51. The lowest BCUT2D eigenvalue weighted by molar-refractivity contribution is 0.371. The molecule has 0 saturated heterocycles. The molecule has 1 aliphatic rings. The molecule has 0 aliphatic heterocycles. The van der Waals surface area contributed by atoms with Crippen molar-refractivity contribution in [3.05, 3.63) is 17.0 Å². The highest BCUT2D eigenvalue weighted by atomic mass is 16.5. The lowest BCUT2D eigenvalue weighted by Crippen LogP contribution is -2.45. The van der Waals surface area contributed by atoms with E-state index in [-0.39, 0.29) is 11.0 Å². The smallest absolute Gasteiger partial charge is 0.137 e. The molecule has 0 atom stereocenters. The van der Waals surface area contributed by atoms with Crippen molar-refractivity contribution in [3.63, 3.8) is 0 Å². The SMILES string of the molecule is Cc1noc(C)c1C1(C(C)(C)N)CC1. The van der Waals surface area contributed by atoms with E-state index < -0.39 is 0 Å². The quantitative estimate of drug-likeness (QED) is 0.784. The van der Waals surface area contributed by atoms with Gasteiger partial charge < -0.3 is 10.3 Å². The van der Waals surface area contributed by atoms with E-state index in [9.17, 15) is 0 Å².